The molecule has 1 aromatic rings. The van der Waals surface area contributed by atoms with Gasteiger partial charge in [-0.1, -0.05) is 25.4 Å². The highest BCUT2D eigenvalue weighted by molar-refractivity contribution is 6.29. The summed E-state index contributed by atoms with van der Waals surface area (Å²) < 4.78 is 4.96. The second kappa shape index (κ2) is 7.51. The minimum atomic E-state index is -0.399. The summed E-state index contributed by atoms with van der Waals surface area (Å²) in [5, 5.41) is 13.2. The van der Waals surface area contributed by atoms with Crippen LogP contribution in [0, 0.1) is 5.92 Å². The third kappa shape index (κ3) is 5.62. The van der Waals surface area contributed by atoms with E-state index in [1.165, 1.54) is 0 Å². The minimum absolute atomic E-state index is 0.309. The van der Waals surface area contributed by atoms with Gasteiger partial charge in [-0.05, 0) is 12.3 Å². The summed E-state index contributed by atoms with van der Waals surface area (Å²) >= 11 is 5.88. The number of nitrogens with zero attached hydrogens (tertiary/aromatic N) is 2. The molecule has 0 saturated carbocycles. The van der Waals surface area contributed by atoms with Crippen LogP contribution in [0.1, 0.15) is 26.1 Å². The highest BCUT2D eigenvalue weighted by atomic mass is 35.5. The summed E-state index contributed by atoms with van der Waals surface area (Å²) in [6.07, 6.45) is 0.348. The molecule has 0 aromatic carbocycles. The average molecular weight is 274 g/mol. The van der Waals surface area contributed by atoms with E-state index in [1.807, 2.05) is 0 Å². The van der Waals surface area contributed by atoms with E-state index >= 15 is 0 Å². The normalized spacial score (nSPS) is 12.8. The van der Waals surface area contributed by atoms with E-state index in [9.17, 15) is 5.11 Å². The molecule has 0 spiro atoms. The predicted octanol–water partition coefficient (Wildman–Crippen LogP) is 2.10. The molecule has 1 rings (SSSR count). The summed E-state index contributed by atoms with van der Waals surface area (Å²) in [6, 6.07) is 1.63. The molecule has 0 aliphatic carbocycles. The van der Waals surface area contributed by atoms with E-state index in [1.54, 1.807) is 13.2 Å². The van der Waals surface area contributed by atoms with Crippen LogP contribution in [-0.2, 0) is 11.3 Å². The van der Waals surface area contributed by atoms with Crippen molar-refractivity contribution in [1.82, 2.24) is 9.97 Å². The lowest BCUT2D eigenvalue weighted by Gasteiger charge is -2.14. The van der Waals surface area contributed by atoms with Crippen LogP contribution < -0.4 is 5.32 Å². The van der Waals surface area contributed by atoms with Crippen LogP contribution in [-0.4, -0.2) is 34.8 Å². The molecule has 1 unspecified atom stereocenters. The van der Waals surface area contributed by atoms with Gasteiger partial charge in [0.25, 0.3) is 0 Å². The van der Waals surface area contributed by atoms with E-state index in [2.05, 4.69) is 29.1 Å². The first-order valence-electron chi connectivity index (χ1n) is 5.95. The van der Waals surface area contributed by atoms with Crippen molar-refractivity contribution < 1.29 is 9.84 Å². The zero-order valence-electron chi connectivity index (χ0n) is 11.0. The quantitative estimate of drug-likeness (QED) is 0.745. The molecule has 6 heteroatoms. The molecule has 0 radical (unpaired) electrons. The van der Waals surface area contributed by atoms with E-state index in [0.29, 0.717) is 35.9 Å². The van der Waals surface area contributed by atoms with Gasteiger partial charge in [0.1, 0.15) is 17.6 Å². The van der Waals surface area contributed by atoms with Gasteiger partial charge in [-0.15, -0.1) is 0 Å². The van der Waals surface area contributed by atoms with Crippen LogP contribution in [0.3, 0.4) is 0 Å². The molecular weight excluding hydrogens is 254 g/mol. The molecule has 1 atom stereocenters. The average Bonchev–Trinajstić information content (AvgIpc) is 2.25. The summed E-state index contributed by atoms with van der Waals surface area (Å²) in [5.41, 5.74) is 0. The Labute approximate surface area is 113 Å². The number of aromatic nitrogens is 2. The Hall–Kier alpha value is -0.910. The van der Waals surface area contributed by atoms with Crippen LogP contribution in [0.5, 0.6) is 0 Å². The molecular formula is C12H20ClN3O2. The van der Waals surface area contributed by atoms with E-state index in [0.717, 1.165) is 6.42 Å². The number of nitrogens with one attached hydrogen (secondary N) is 1. The fraction of sp³-hybridized carbons (Fsp3) is 0.667. The Kier molecular flexibility index (Phi) is 6.32. The number of anilines is 1. The van der Waals surface area contributed by atoms with Crippen molar-refractivity contribution in [2.24, 2.45) is 5.92 Å². The van der Waals surface area contributed by atoms with Gasteiger partial charge >= 0.3 is 0 Å². The zero-order chi connectivity index (χ0) is 13.5. The standard InChI is InChI=1S/C12H20ClN3O2/c1-8(2)4-9(17)6-14-11-5-10(13)15-12(16-11)7-18-3/h5,8-9,17H,4,6-7H2,1-3H3,(H,14,15,16). The molecule has 0 amide bonds. The van der Waals surface area contributed by atoms with Gasteiger partial charge in [-0.2, -0.15) is 0 Å². The zero-order valence-corrected chi connectivity index (χ0v) is 11.7. The monoisotopic (exact) mass is 273 g/mol. The van der Waals surface area contributed by atoms with Gasteiger partial charge in [0.05, 0.1) is 6.10 Å². The van der Waals surface area contributed by atoms with E-state index < -0.39 is 6.10 Å². The molecule has 102 valence electrons. The lowest BCUT2D eigenvalue weighted by Crippen LogP contribution is -2.22. The summed E-state index contributed by atoms with van der Waals surface area (Å²) in [5.74, 6) is 1.58. The Morgan fingerprint density at radius 1 is 1.44 bits per heavy atom. The molecule has 2 N–H and O–H groups in total. The van der Waals surface area contributed by atoms with Gasteiger partial charge < -0.3 is 15.2 Å². The minimum Gasteiger partial charge on any atom is -0.391 e. The first-order valence-corrected chi connectivity index (χ1v) is 6.33. The first-order chi connectivity index (χ1) is 8.51. The lowest BCUT2D eigenvalue weighted by molar-refractivity contribution is 0.161. The molecule has 0 saturated heterocycles. The van der Waals surface area contributed by atoms with Crippen molar-refractivity contribution in [2.45, 2.75) is 33.0 Å². The number of ether oxygens (including phenoxy) is 1. The second-order valence-electron chi connectivity index (χ2n) is 4.59. The second-order valence-corrected chi connectivity index (χ2v) is 4.98. The van der Waals surface area contributed by atoms with Gasteiger partial charge in [0.2, 0.25) is 0 Å². The van der Waals surface area contributed by atoms with Crippen LogP contribution in [0.15, 0.2) is 6.07 Å². The van der Waals surface area contributed by atoms with Crippen LogP contribution in [0.25, 0.3) is 0 Å². The Morgan fingerprint density at radius 2 is 2.17 bits per heavy atom. The number of aliphatic hydroxyl groups is 1. The van der Waals surface area contributed by atoms with Crippen molar-refractivity contribution in [1.29, 1.82) is 0 Å². The third-order valence-corrected chi connectivity index (χ3v) is 2.47. The van der Waals surface area contributed by atoms with Crippen molar-refractivity contribution >= 4 is 17.4 Å². The molecule has 5 nitrogen and oxygen atoms in total. The van der Waals surface area contributed by atoms with E-state index in [4.69, 9.17) is 16.3 Å². The third-order valence-electron chi connectivity index (χ3n) is 2.28. The maximum absolute atomic E-state index is 9.76. The fourth-order valence-corrected chi connectivity index (χ4v) is 1.80. The molecule has 1 aromatic heterocycles. The van der Waals surface area contributed by atoms with Crippen LogP contribution >= 0.6 is 11.6 Å². The summed E-state index contributed by atoms with van der Waals surface area (Å²) in [7, 11) is 1.57. The van der Waals surface area contributed by atoms with Crippen molar-refractivity contribution in [3.05, 3.63) is 17.0 Å². The largest absolute Gasteiger partial charge is 0.391 e. The molecule has 0 fully saturated rings. The first kappa shape index (κ1) is 15.1. The maximum Gasteiger partial charge on any atom is 0.158 e. The highest BCUT2D eigenvalue weighted by Gasteiger charge is 2.08. The van der Waals surface area contributed by atoms with Gasteiger partial charge in [-0.25, -0.2) is 9.97 Å². The number of hydrogen-bond donors (Lipinski definition) is 2. The van der Waals surface area contributed by atoms with Gasteiger partial charge in [-0.3, -0.25) is 0 Å². The number of halogens is 1. The SMILES string of the molecule is COCc1nc(Cl)cc(NCC(O)CC(C)C)n1. The molecule has 18 heavy (non-hydrogen) atoms. The molecule has 1 heterocycles. The van der Waals surface area contributed by atoms with Gasteiger partial charge in [0, 0.05) is 19.7 Å². The van der Waals surface area contributed by atoms with Crippen LogP contribution in [0.4, 0.5) is 5.82 Å². The highest BCUT2D eigenvalue weighted by Crippen LogP contribution is 2.13. The van der Waals surface area contributed by atoms with Crippen molar-refractivity contribution in [3.8, 4) is 0 Å². The Morgan fingerprint density at radius 3 is 2.78 bits per heavy atom. The number of rotatable bonds is 7. The van der Waals surface area contributed by atoms with Crippen molar-refractivity contribution in [3.63, 3.8) is 0 Å². The van der Waals surface area contributed by atoms with Crippen molar-refractivity contribution in [2.75, 3.05) is 19.0 Å². The van der Waals surface area contributed by atoms with E-state index in [-0.39, 0.29) is 0 Å². The number of methoxy groups -OCH3 is 1. The van der Waals surface area contributed by atoms with Gasteiger partial charge in [0.15, 0.2) is 5.82 Å². The lowest BCUT2D eigenvalue weighted by atomic mass is 10.1. The number of aliphatic hydroxyl groups excluding tert-OH is 1. The fourth-order valence-electron chi connectivity index (χ4n) is 1.60. The Balaban J connectivity index is 2.56. The summed E-state index contributed by atoms with van der Waals surface area (Å²) in [6.45, 7) is 4.89. The predicted molar refractivity (Wildman–Crippen MR) is 71.7 cm³/mol. The topological polar surface area (TPSA) is 67.3 Å². The molecule has 0 bridgehead atoms. The molecule has 0 aliphatic rings. The Bertz CT molecular complexity index is 374. The maximum atomic E-state index is 9.76. The van der Waals surface area contributed by atoms with Crippen LogP contribution in [0.2, 0.25) is 5.15 Å². The summed E-state index contributed by atoms with van der Waals surface area (Å²) in [4.78, 5) is 8.26. The number of hydrogen-bond acceptors (Lipinski definition) is 5. The smallest absolute Gasteiger partial charge is 0.158 e. The molecule has 0 aliphatic heterocycles.